The van der Waals surface area contributed by atoms with Crippen molar-refractivity contribution in [2.24, 2.45) is 0 Å². The SMILES string of the molecule is CCCCCNc1cncc(C(=O)N2CCCCCC2)c1. The first kappa shape index (κ1) is 15.8. The lowest BCUT2D eigenvalue weighted by Gasteiger charge is -2.20. The van der Waals surface area contributed by atoms with Crippen molar-refractivity contribution in [3.63, 3.8) is 0 Å². The predicted octanol–water partition coefficient (Wildman–Crippen LogP) is 3.70. The van der Waals surface area contributed by atoms with E-state index in [4.69, 9.17) is 0 Å². The summed E-state index contributed by atoms with van der Waals surface area (Å²) in [5.41, 5.74) is 1.66. The van der Waals surface area contributed by atoms with E-state index in [-0.39, 0.29) is 5.91 Å². The molecule has 0 spiro atoms. The van der Waals surface area contributed by atoms with Crippen molar-refractivity contribution in [1.29, 1.82) is 0 Å². The lowest BCUT2D eigenvalue weighted by Crippen LogP contribution is -2.31. The molecule has 4 heteroatoms. The topological polar surface area (TPSA) is 45.2 Å². The molecule has 0 unspecified atom stereocenters. The van der Waals surface area contributed by atoms with Crippen molar-refractivity contribution in [1.82, 2.24) is 9.88 Å². The minimum absolute atomic E-state index is 0.126. The standard InChI is InChI=1S/C17H27N3O/c1-2-3-6-9-19-16-12-15(13-18-14-16)17(21)20-10-7-4-5-8-11-20/h12-14,19H,2-11H2,1H3. The summed E-state index contributed by atoms with van der Waals surface area (Å²) in [4.78, 5) is 18.7. The van der Waals surface area contributed by atoms with Gasteiger partial charge in [0.2, 0.25) is 0 Å². The van der Waals surface area contributed by atoms with Crippen LogP contribution in [-0.2, 0) is 0 Å². The molecule has 1 amide bonds. The highest BCUT2D eigenvalue weighted by atomic mass is 16.2. The number of amides is 1. The van der Waals surface area contributed by atoms with Gasteiger partial charge in [-0.05, 0) is 25.3 Å². The van der Waals surface area contributed by atoms with Crippen molar-refractivity contribution in [2.45, 2.75) is 51.9 Å². The number of anilines is 1. The van der Waals surface area contributed by atoms with Crippen molar-refractivity contribution in [2.75, 3.05) is 25.0 Å². The molecule has 2 rings (SSSR count). The van der Waals surface area contributed by atoms with Gasteiger partial charge in [0, 0.05) is 32.0 Å². The summed E-state index contributed by atoms with van der Waals surface area (Å²) in [6.45, 7) is 4.90. The fraction of sp³-hybridized carbons (Fsp3) is 0.647. The van der Waals surface area contributed by atoms with Gasteiger partial charge in [-0.2, -0.15) is 0 Å². The molecule has 0 atom stereocenters. The van der Waals surface area contributed by atoms with Gasteiger partial charge in [-0.3, -0.25) is 9.78 Å². The molecule has 1 N–H and O–H groups in total. The maximum atomic E-state index is 12.5. The Balaban J connectivity index is 1.93. The maximum Gasteiger partial charge on any atom is 0.255 e. The quantitative estimate of drug-likeness (QED) is 0.812. The monoisotopic (exact) mass is 289 g/mol. The molecule has 1 aliphatic heterocycles. The van der Waals surface area contributed by atoms with E-state index in [2.05, 4.69) is 17.2 Å². The molecule has 1 fully saturated rings. The fourth-order valence-electron chi connectivity index (χ4n) is 2.72. The van der Waals surface area contributed by atoms with Crippen molar-refractivity contribution in [3.05, 3.63) is 24.0 Å². The van der Waals surface area contributed by atoms with Gasteiger partial charge in [-0.1, -0.05) is 32.6 Å². The third kappa shape index (κ3) is 5.03. The van der Waals surface area contributed by atoms with Gasteiger partial charge in [0.25, 0.3) is 5.91 Å². The lowest BCUT2D eigenvalue weighted by atomic mass is 10.2. The fourth-order valence-corrected chi connectivity index (χ4v) is 2.72. The molecule has 1 aromatic rings. The Kier molecular flexibility index (Phi) is 6.51. The largest absolute Gasteiger partial charge is 0.384 e. The summed E-state index contributed by atoms with van der Waals surface area (Å²) in [6.07, 6.45) is 11.8. The Morgan fingerprint density at radius 1 is 1.19 bits per heavy atom. The van der Waals surface area contributed by atoms with Crippen molar-refractivity contribution in [3.8, 4) is 0 Å². The Hall–Kier alpha value is -1.58. The molecule has 0 saturated carbocycles. The smallest absolute Gasteiger partial charge is 0.255 e. The summed E-state index contributed by atoms with van der Waals surface area (Å²) >= 11 is 0. The van der Waals surface area contributed by atoms with Gasteiger partial charge >= 0.3 is 0 Å². The number of rotatable bonds is 6. The number of aromatic nitrogens is 1. The molecule has 2 heterocycles. The van der Waals surface area contributed by atoms with Crippen LogP contribution in [0.4, 0.5) is 5.69 Å². The van der Waals surface area contributed by atoms with Crippen molar-refractivity contribution < 1.29 is 4.79 Å². The summed E-state index contributed by atoms with van der Waals surface area (Å²) < 4.78 is 0. The van der Waals surface area contributed by atoms with Crippen LogP contribution < -0.4 is 5.32 Å². The third-order valence-corrected chi connectivity index (χ3v) is 3.99. The van der Waals surface area contributed by atoms with Crippen molar-refractivity contribution >= 4 is 11.6 Å². The van der Waals surface area contributed by atoms with Gasteiger partial charge in [-0.15, -0.1) is 0 Å². The molecule has 0 aromatic carbocycles. The van der Waals surface area contributed by atoms with Crippen LogP contribution in [-0.4, -0.2) is 35.4 Å². The molecular formula is C17H27N3O. The highest BCUT2D eigenvalue weighted by Gasteiger charge is 2.17. The number of nitrogens with one attached hydrogen (secondary N) is 1. The Labute approximate surface area is 127 Å². The van der Waals surface area contributed by atoms with Crippen LogP contribution >= 0.6 is 0 Å². The van der Waals surface area contributed by atoms with E-state index in [1.165, 1.54) is 25.7 Å². The zero-order valence-corrected chi connectivity index (χ0v) is 13.1. The molecule has 1 aliphatic rings. The average molecular weight is 289 g/mol. The molecule has 0 aliphatic carbocycles. The Morgan fingerprint density at radius 2 is 1.95 bits per heavy atom. The van der Waals surface area contributed by atoms with Gasteiger partial charge in [0.05, 0.1) is 11.3 Å². The number of pyridine rings is 1. The number of hydrogen-bond acceptors (Lipinski definition) is 3. The van der Waals surface area contributed by atoms with E-state index in [0.717, 1.165) is 44.6 Å². The third-order valence-electron chi connectivity index (χ3n) is 3.99. The molecule has 0 radical (unpaired) electrons. The molecular weight excluding hydrogens is 262 g/mol. The number of hydrogen-bond donors (Lipinski definition) is 1. The summed E-state index contributed by atoms with van der Waals surface area (Å²) in [6, 6.07) is 1.94. The molecule has 4 nitrogen and oxygen atoms in total. The first-order chi connectivity index (χ1) is 10.3. The van der Waals surface area contributed by atoms with E-state index in [1.54, 1.807) is 12.4 Å². The number of unbranched alkanes of at least 4 members (excludes halogenated alkanes) is 2. The van der Waals surface area contributed by atoms with E-state index >= 15 is 0 Å². The zero-order valence-electron chi connectivity index (χ0n) is 13.1. The van der Waals surface area contributed by atoms with Crippen LogP contribution in [0, 0.1) is 0 Å². The first-order valence-electron chi connectivity index (χ1n) is 8.29. The van der Waals surface area contributed by atoms with Crippen LogP contribution in [0.5, 0.6) is 0 Å². The average Bonchev–Trinajstić information content (AvgIpc) is 2.80. The minimum atomic E-state index is 0.126. The van der Waals surface area contributed by atoms with E-state index in [9.17, 15) is 4.79 Å². The van der Waals surface area contributed by atoms with E-state index < -0.39 is 0 Å². The second-order valence-electron chi connectivity index (χ2n) is 5.80. The summed E-state index contributed by atoms with van der Waals surface area (Å²) in [5, 5.41) is 3.36. The summed E-state index contributed by atoms with van der Waals surface area (Å²) in [7, 11) is 0. The maximum absolute atomic E-state index is 12.5. The van der Waals surface area contributed by atoms with Crippen LogP contribution in [0.15, 0.2) is 18.5 Å². The zero-order chi connectivity index (χ0) is 14.9. The Morgan fingerprint density at radius 3 is 2.67 bits per heavy atom. The highest BCUT2D eigenvalue weighted by Crippen LogP contribution is 2.15. The van der Waals surface area contributed by atoms with Crippen LogP contribution in [0.1, 0.15) is 62.2 Å². The Bertz CT molecular complexity index is 439. The number of carbonyl (C=O) groups is 1. The molecule has 116 valence electrons. The molecule has 21 heavy (non-hydrogen) atoms. The van der Waals surface area contributed by atoms with Gasteiger partial charge < -0.3 is 10.2 Å². The van der Waals surface area contributed by atoms with E-state index in [1.807, 2.05) is 11.0 Å². The van der Waals surface area contributed by atoms with Crippen LogP contribution in [0.2, 0.25) is 0 Å². The van der Waals surface area contributed by atoms with Crippen LogP contribution in [0.3, 0.4) is 0 Å². The van der Waals surface area contributed by atoms with Crippen LogP contribution in [0.25, 0.3) is 0 Å². The summed E-state index contributed by atoms with van der Waals surface area (Å²) in [5.74, 6) is 0.126. The second kappa shape index (κ2) is 8.65. The van der Waals surface area contributed by atoms with E-state index in [0.29, 0.717) is 5.56 Å². The predicted molar refractivity (Wildman–Crippen MR) is 86.6 cm³/mol. The molecule has 1 saturated heterocycles. The molecule has 1 aromatic heterocycles. The minimum Gasteiger partial charge on any atom is -0.384 e. The first-order valence-corrected chi connectivity index (χ1v) is 8.29. The molecule has 0 bridgehead atoms. The number of nitrogens with zero attached hydrogens (tertiary/aromatic N) is 2. The highest BCUT2D eigenvalue weighted by molar-refractivity contribution is 5.94. The number of likely N-dealkylation sites (tertiary alicyclic amines) is 1. The van der Waals surface area contributed by atoms with Gasteiger partial charge in [-0.25, -0.2) is 0 Å². The van der Waals surface area contributed by atoms with Gasteiger partial charge in [0.15, 0.2) is 0 Å². The van der Waals surface area contributed by atoms with Gasteiger partial charge in [0.1, 0.15) is 0 Å². The normalized spacial score (nSPS) is 15.6. The second-order valence-corrected chi connectivity index (χ2v) is 5.80. The lowest BCUT2D eigenvalue weighted by molar-refractivity contribution is 0.0761. The number of carbonyl (C=O) groups excluding carboxylic acids is 1.